The van der Waals surface area contributed by atoms with Crippen LogP contribution in [0.3, 0.4) is 0 Å². The Labute approximate surface area is 733 Å². The van der Waals surface area contributed by atoms with Gasteiger partial charge < -0.3 is 139 Å². The molecule has 18 atom stereocenters. The Bertz CT molecular complexity index is 2960. The summed E-state index contributed by atoms with van der Waals surface area (Å²) in [6.07, 6.45) is -1.66. The molecule has 4 saturated heterocycles. The number of phosphoric acid groups is 1. The van der Waals surface area contributed by atoms with Gasteiger partial charge in [0.25, 0.3) is 7.82 Å². The highest BCUT2D eigenvalue weighted by molar-refractivity contribution is 7.45. The van der Waals surface area contributed by atoms with Gasteiger partial charge in [0.1, 0.15) is 102 Å². The minimum atomic E-state index is -4.52. The van der Waals surface area contributed by atoms with Crippen LogP contribution in [0.15, 0.2) is 0 Å². The number of ether oxygens (including phenoxy) is 9. The van der Waals surface area contributed by atoms with Crippen molar-refractivity contribution in [1.82, 2.24) is 31.5 Å². The quantitative estimate of drug-likeness (QED) is 0.0288. The van der Waals surface area contributed by atoms with E-state index in [1.807, 2.05) is 0 Å². The summed E-state index contributed by atoms with van der Waals surface area (Å²) in [7, 11) is -3.55. The zero-order valence-corrected chi connectivity index (χ0v) is 74.4. The fourth-order valence-electron chi connectivity index (χ4n) is 15.1. The second-order valence-corrected chi connectivity index (χ2v) is 34.6. The molecule has 4 heterocycles. The summed E-state index contributed by atoms with van der Waals surface area (Å²) in [5, 5.41) is 115. The lowest BCUT2D eigenvalue weighted by atomic mass is 9.83. The number of phosphoric ester groups is 1. The van der Waals surface area contributed by atoms with Crippen LogP contribution in [0.2, 0.25) is 0 Å². The Morgan fingerprint density at radius 3 is 1.10 bits per heavy atom. The lowest BCUT2D eigenvalue weighted by molar-refractivity contribution is -0.270. The fraction of sp³-hybridized carbons (Fsp3) is 0.869. The Hall–Kier alpha value is -5.48. The average Bonchev–Trinajstić information content (AvgIpc) is 1.57. The Morgan fingerprint density at radius 1 is 0.408 bits per heavy atom. The van der Waals surface area contributed by atoms with Crippen molar-refractivity contribution in [3.8, 4) is 0 Å². The van der Waals surface area contributed by atoms with Gasteiger partial charge in [-0.15, -0.1) is 0 Å². The number of β-amino-alcohol motifs (C(OH)–C–C–N with tert-alkyl or cyclic N) is 1. The van der Waals surface area contributed by atoms with Crippen LogP contribution in [-0.4, -0.2) is 337 Å². The molecule has 0 aromatic heterocycles. The van der Waals surface area contributed by atoms with Gasteiger partial charge in [-0.1, -0.05) is 51.4 Å². The molecular formula is C84H146N6O34P-. The molecule has 4 rings (SSSR count). The van der Waals surface area contributed by atoms with Gasteiger partial charge in [0.15, 0.2) is 18.9 Å². The number of likely N-dealkylation sites (tertiary alicyclic amines) is 1. The van der Waals surface area contributed by atoms with Crippen LogP contribution in [0.5, 0.6) is 0 Å². The molecule has 4 aliphatic heterocycles. The van der Waals surface area contributed by atoms with Gasteiger partial charge in [-0.25, -0.2) is 0 Å². The second-order valence-electron chi connectivity index (χ2n) is 33.1. The third kappa shape index (κ3) is 45.8. The van der Waals surface area contributed by atoms with E-state index in [1.165, 1.54) is 25.7 Å². The number of aliphatic hydroxyl groups excluding tert-OH is 10. The molecule has 0 bridgehead atoms. The minimum Gasteiger partial charge on any atom is -0.756 e. The maximum Gasteiger partial charge on any atom is 0.267 e. The Kier molecular flexibility index (Phi) is 56.8. The van der Waals surface area contributed by atoms with Gasteiger partial charge in [-0.05, 0) is 89.9 Å². The number of hydrogen-bond acceptors (Lipinski definition) is 34. The maximum atomic E-state index is 14.2. The molecule has 722 valence electrons. The van der Waals surface area contributed by atoms with Crippen LogP contribution in [0.25, 0.3) is 0 Å². The predicted octanol–water partition coefficient (Wildman–Crippen LogP) is 0.338. The van der Waals surface area contributed by atoms with Crippen LogP contribution in [0.4, 0.5) is 0 Å². The van der Waals surface area contributed by atoms with Crippen molar-refractivity contribution in [3.63, 3.8) is 0 Å². The number of nitrogens with zero attached hydrogens (tertiary/aromatic N) is 1. The molecule has 17 unspecified atom stereocenters. The molecule has 4 fully saturated rings. The monoisotopic (exact) mass is 1810 g/mol. The first-order valence-corrected chi connectivity index (χ1v) is 46.1. The van der Waals surface area contributed by atoms with Crippen molar-refractivity contribution in [1.29, 1.82) is 0 Å². The van der Waals surface area contributed by atoms with E-state index in [0.29, 0.717) is 109 Å². The third-order valence-corrected chi connectivity index (χ3v) is 23.1. The van der Waals surface area contributed by atoms with Crippen LogP contribution >= 0.6 is 7.82 Å². The molecule has 0 aromatic carbocycles. The van der Waals surface area contributed by atoms with Gasteiger partial charge >= 0.3 is 0 Å². The lowest BCUT2D eigenvalue weighted by Crippen LogP contribution is -2.64. The Balaban J connectivity index is 1.31. The van der Waals surface area contributed by atoms with E-state index in [0.717, 1.165) is 45.6 Å². The topological polar surface area (TPSA) is 595 Å². The third-order valence-electron chi connectivity index (χ3n) is 22.2. The normalized spacial score (nSPS) is 25.4. The van der Waals surface area contributed by atoms with Crippen molar-refractivity contribution in [2.24, 2.45) is 5.41 Å². The SMILES string of the molecule is COP(=O)([O-])OC[C@@H]1CC(O)CN1C(=O)CCCCCCCCCCC(=O)CC(COCCC(=O)CCCCCC(=O)CCCCOC1OC(CO)C(O)C(O)C1NC(C)=O)(COCCC(=O)CCCCCC(=O)CCCCOC1OC(CO)C(O)C(O)C1NC(C)=O)COCCC(=O)NCCCNC(=O)CCCCOC1OC(CO)C(O)C(O)C1NC(C)=O. The largest absolute Gasteiger partial charge is 0.756 e. The number of carbonyl (C=O) groups excluding carboxylic acids is 11. The summed E-state index contributed by atoms with van der Waals surface area (Å²) in [4.78, 5) is 154. The van der Waals surface area contributed by atoms with Gasteiger partial charge in [0.2, 0.25) is 35.4 Å². The van der Waals surface area contributed by atoms with Crippen LogP contribution in [0, 0.1) is 5.41 Å². The van der Waals surface area contributed by atoms with E-state index in [1.54, 1.807) is 0 Å². The molecule has 0 radical (unpaired) electrons. The molecule has 0 aromatic rings. The highest BCUT2D eigenvalue weighted by atomic mass is 31.2. The number of rotatable bonds is 72. The van der Waals surface area contributed by atoms with Crippen molar-refractivity contribution in [2.45, 2.75) is 350 Å². The summed E-state index contributed by atoms with van der Waals surface area (Å²) in [6, 6.07) is -3.87. The average molecular weight is 1820 g/mol. The second kappa shape index (κ2) is 63.5. The van der Waals surface area contributed by atoms with Crippen molar-refractivity contribution < 1.29 is 165 Å². The number of unbranched alkanes of at least 4 members (excludes halogenated alkanes) is 14. The molecule has 4 aliphatic rings. The van der Waals surface area contributed by atoms with Gasteiger partial charge in [0.05, 0.1) is 78.2 Å². The zero-order chi connectivity index (χ0) is 92.1. The van der Waals surface area contributed by atoms with Crippen molar-refractivity contribution in [2.75, 3.05) is 113 Å². The van der Waals surface area contributed by atoms with Crippen LogP contribution < -0.4 is 31.5 Å². The number of carbonyl (C=O) groups is 11. The standard InChI is InChI=1S/C84H147N6O34P/c1-56(94)87-72-78(109)75(106)66(49-91)122-81(72)118-40-22-19-30-60(97)26-14-11-16-28-62(99)35-43-115-53-84(47-64(101)32-13-9-7-5-6-8-10-18-34-71(105)90-48-65(102)46-59(90)52-121-125(112,113)114-4,54-116-44-36-63(100)29-17-12-15-27-61(98)31-20-23-41-119-82-73(88-57(2)95)79(110)76(107)67(50-92)123-82)55-117-45-37-70(104)86-39-25-38-85-69(103)33-21-24-42-120-83-74(89-58(3)96)80(111)77(108)68(51-93)124-83/h59,65-68,72-83,91-93,102,106-111H,5-55H2,1-4H3,(H,85,103)(H,86,104)(H,87,94)(H,88,95)(H,89,96)(H,112,113)/p-1/t59-,65?,66?,67?,68?,72?,73?,74?,75?,76?,77?,78?,79?,80?,81?,82?,83?,84?/m0/s1. The summed E-state index contributed by atoms with van der Waals surface area (Å²) in [5.41, 5.74) is -1.16. The van der Waals surface area contributed by atoms with E-state index in [-0.39, 0.29) is 209 Å². The first kappa shape index (κ1) is 112. The zero-order valence-electron chi connectivity index (χ0n) is 73.5. The van der Waals surface area contributed by atoms with Gasteiger partial charge in [-0.2, -0.15) is 0 Å². The smallest absolute Gasteiger partial charge is 0.267 e. The van der Waals surface area contributed by atoms with E-state index >= 15 is 0 Å². The highest BCUT2D eigenvalue weighted by Crippen LogP contribution is 2.38. The van der Waals surface area contributed by atoms with Crippen molar-refractivity contribution >= 4 is 72.2 Å². The van der Waals surface area contributed by atoms with Crippen LogP contribution in [0.1, 0.15) is 245 Å². The lowest BCUT2D eigenvalue weighted by Gasteiger charge is -2.42. The fourth-order valence-corrected chi connectivity index (χ4v) is 15.6. The molecule has 0 spiro atoms. The van der Waals surface area contributed by atoms with E-state index in [4.69, 9.17) is 47.2 Å². The maximum absolute atomic E-state index is 14.2. The Morgan fingerprint density at radius 2 is 0.728 bits per heavy atom. The van der Waals surface area contributed by atoms with Gasteiger partial charge in [-0.3, -0.25) is 57.3 Å². The summed E-state index contributed by atoms with van der Waals surface area (Å²) >= 11 is 0. The molecule has 0 aliphatic carbocycles. The molecule has 40 nitrogen and oxygen atoms in total. The molecule has 125 heavy (non-hydrogen) atoms. The molecule has 41 heteroatoms. The molecule has 0 saturated carbocycles. The summed E-state index contributed by atoms with van der Waals surface area (Å²) in [5.74, 6) is -2.51. The summed E-state index contributed by atoms with van der Waals surface area (Å²) < 4.78 is 73.7. The van der Waals surface area contributed by atoms with E-state index < -0.39 is 155 Å². The number of nitrogens with one attached hydrogen (secondary N) is 5. The molecular weight excluding hydrogens is 1670 g/mol. The van der Waals surface area contributed by atoms with E-state index in [9.17, 15) is 113 Å². The first-order chi connectivity index (χ1) is 59.8. The highest BCUT2D eigenvalue weighted by Gasteiger charge is 2.48. The van der Waals surface area contributed by atoms with E-state index in [2.05, 4.69) is 31.1 Å². The minimum absolute atomic E-state index is 0.0197. The number of amides is 6. The number of aliphatic hydroxyl groups is 10. The summed E-state index contributed by atoms with van der Waals surface area (Å²) in [6.45, 7) is 1.99. The first-order valence-electron chi connectivity index (χ1n) is 44.6. The molecule has 15 N–H and O–H groups in total. The predicted molar refractivity (Wildman–Crippen MR) is 444 cm³/mol. The van der Waals surface area contributed by atoms with Crippen molar-refractivity contribution in [3.05, 3.63) is 0 Å². The number of hydrogen-bond donors (Lipinski definition) is 15. The number of ketones is 5. The molecule has 6 amide bonds. The van der Waals surface area contributed by atoms with Gasteiger partial charge in [0, 0.05) is 156 Å². The van der Waals surface area contributed by atoms with Crippen LogP contribution in [-0.2, 0) is 109 Å². The number of Topliss-reactive ketones (excluding diaryl/α,β-unsaturated/α-hetero) is 5.